The molecule has 0 amide bonds. The summed E-state index contributed by atoms with van der Waals surface area (Å²) < 4.78 is 4.79. The van der Waals surface area contributed by atoms with E-state index in [-0.39, 0.29) is 0 Å². The van der Waals surface area contributed by atoms with E-state index in [9.17, 15) is 0 Å². The van der Waals surface area contributed by atoms with E-state index in [0.29, 0.717) is 6.54 Å². The molecule has 106 valence electrons. The summed E-state index contributed by atoms with van der Waals surface area (Å²) in [5.74, 6) is 0.743. The molecule has 0 saturated carbocycles. The number of nitrogens with one attached hydrogen (secondary N) is 2. The Hall–Kier alpha value is -2.30. The summed E-state index contributed by atoms with van der Waals surface area (Å²) >= 11 is 0. The highest BCUT2D eigenvalue weighted by Crippen LogP contribution is 2.09. The van der Waals surface area contributed by atoms with Crippen LogP contribution in [-0.4, -0.2) is 18.2 Å². The second kappa shape index (κ2) is 6.75. The Morgan fingerprint density at radius 2 is 2.00 bits per heavy atom. The molecule has 20 heavy (non-hydrogen) atoms. The Morgan fingerprint density at radius 1 is 1.20 bits per heavy atom. The number of rotatable bonds is 4. The molecule has 2 aromatic rings. The van der Waals surface area contributed by atoms with Crippen molar-refractivity contribution in [3.8, 4) is 0 Å². The molecule has 0 radical (unpaired) electrons. The van der Waals surface area contributed by atoms with E-state index in [0.717, 1.165) is 18.2 Å². The highest BCUT2D eigenvalue weighted by atomic mass is 16.5. The SMILES string of the molecule is CN=C(NCc1ccon1)NCc1ccc(C)cc1C. The van der Waals surface area contributed by atoms with Crippen LogP contribution in [0.5, 0.6) is 0 Å². The van der Waals surface area contributed by atoms with Crippen LogP contribution in [0.4, 0.5) is 0 Å². The zero-order chi connectivity index (χ0) is 14.4. The fourth-order valence-electron chi connectivity index (χ4n) is 1.95. The monoisotopic (exact) mass is 272 g/mol. The van der Waals surface area contributed by atoms with Crippen LogP contribution in [0.3, 0.4) is 0 Å². The van der Waals surface area contributed by atoms with E-state index in [1.807, 2.05) is 6.07 Å². The maximum absolute atomic E-state index is 4.79. The van der Waals surface area contributed by atoms with E-state index < -0.39 is 0 Å². The van der Waals surface area contributed by atoms with Crippen LogP contribution < -0.4 is 10.6 Å². The lowest BCUT2D eigenvalue weighted by molar-refractivity contribution is 0.410. The molecule has 1 heterocycles. The topological polar surface area (TPSA) is 62.5 Å². The summed E-state index contributed by atoms with van der Waals surface area (Å²) in [5, 5.41) is 10.3. The van der Waals surface area contributed by atoms with Crippen molar-refractivity contribution >= 4 is 5.96 Å². The second-order valence-electron chi connectivity index (χ2n) is 4.70. The maximum Gasteiger partial charge on any atom is 0.191 e. The van der Waals surface area contributed by atoms with Crippen LogP contribution in [0, 0.1) is 13.8 Å². The number of guanidine groups is 1. The molecule has 1 aromatic heterocycles. The molecule has 2 N–H and O–H groups in total. The zero-order valence-electron chi connectivity index (χ0n) is 12.1. The lowest BCUT2D eigenvalue weighted by Crippen LogP contribution is -2.36. The summed E-state index contributed by atoms with van der Waals surface area (Å²) in [7, 11) is 1.75. The first-order chi connectivity index (χ1) is 9.69. The third-order valence-corrected chi connectivity index (χ3v) is 3.10. The normalized spacial score (nSPS) is 11.4. The van der Waals surface area contributed by atoms with Crippen LogP contribution in [0.1, 0.15) is 22.4 Å². The molecular weight excluding hydrogens is 252 g/mol. The summed E-state index contributed by atoms with van der Waals surface area (Å²) in [6.07, 6.45) is 1.56. The van der Waals surface area contributed by atoms with Crippen LogP contribution >= 0.6 is 0 Å². The average Bonchev–Trinajstić information content (AvgIpc) is 2.94. The van der Waals surface area contributed by atoms with Gasteiger partial charge in [0.2, 0.25) is 0 Å². The lowest BCUT2D eigenvalue weighted by atomic mass is 10.1. The largest absolute Gasteiger partial charge is 0.364 e. The lowest BCUT2D eigenvalue weighted by Gasteiger charge is -2.12. The minimum atomic E-state index is 0.586. The van der Waals surface area contributed by atoms with Gasteiger partial charge >= 0.3 is 0 Å². The third-order valence-electron chi connectivity index (χ3n) is 3.10. The van der Waals surface area contributed by atoms with E-state index >= 15 is 0 Å². The van der Waals surface area contributed by atoms with Gasteiger partial charge in [-0.05, 0) is 25.0 Å². The second-order valence-corrected chi connectivity index (χ2v) is 4.70. The van der Waals surface area contributed by atoms with E-state index in [1.54, 1.807) is 13.3 Å². The standard InChI is InChI=1S/C15H20N4O/c1-11-4-5-13(12(2)8-11)9-17-15(16-3)18-10-14-6-7-20-19-14/h4-8H,9-10H2,1-3H3,(H2,16,17,18). The minimum absolute atomic E-state index is 0.586. The maximum atomic E-state index is 4.79. The summed E-state index contributed by atoms with van der Waals surface area (Å²) in [4.78, 5) is 4.19. The van der Waals surface area contributed by atoms with Gasteiger partial charge in [0, 0.05) is 19.7 Å². The first-order valence-corrected chi connectivity index (χ1v) is 6.59. The molecule has 5 heteroatoms. The van der Waals surface area contributed by atoms with Crippen molar-refractivity contribution in [1.29, 1.82) is 0 Å². The highest BCUT2D eigenvalue weighted by Gasteiger charge is 2.02. The number of aromatic nitrogens is 1. The minimum Gasteiger partial charge on any atom is -0.364 e. The predicted octanol–water partition coefficient (Wildman–Crippen LogP) is 2.16. The van der Waals surface area contributed by atoms with Crippen molar-refractivity contribution in [1.82, 2.24) is 15.8 Å². The summed E-state index contributed by atoms with van der Waals surface area (Å²) in [6.45, 7) is 5.55. The van der Waals surface area contributed by atoms with Gasteiger partial charge in [-0.25, -0.2) is 0 Å². The number of aliphatic imine (C=N–C) groups is 1. The number of hydrogen-bond acceptors (Lipinski definition) is 3. The van der Waals surface area contributed by atoms with Gasteiger partial charge in [-0.1, -0.05) is 28.9 Å². The van der Waals surface area contributed by atoms with Crippen molar-refractivity contribution in [2.45, 2.75) is 26.9 Å². The first kappa shape index (κ1) is 14.1. The Labute approximate surface area is 119 Å². The average molecular weight is 272 g/mol. The van der Waals surface area contributed by atoms with Crippen molar-refractivity contribution in [3.63, 3.8) is 0 Å². The van der Waals surface area contributed by atoms with Gasteiger partial charge in [0.15, 0.2) is 5.96 Å². The Kier molecular flexibility index (Phi) is 4.76. The fraction of sp³-hybridized carbons (Fsp3) is 0.333. The van der Waals surface area contributed by atoms with Gasteiger partial charge < -0.3 is 15.2 Å². The van der Waals surface area contributed by atoms with E-state index in [4.69, 9.17) is 4.52 Å². The van der Waals surface area contributed by atoms with Gasteiger partial charge in [0.25, 0.3) is 0 Å². The van der Waals surface area contributed by atoms with Crippen LogP contribution in [0.2, 0.25) is 0 Å². The van der Waals surface area contributed by atoms with Crippen molar-refractivity contribution < 1.29 is 4.52 Å². The molecule has 0 aliphatic heterocycles. The van der Waals surface area contributed by atoms with Gasteiger partial charge in [0.05, 0.1) is 6.54 Å². The Morgan fingerprint density at radius 3 is 2.65 bits per heavy atom. The quantitative estimate of drug-likeness (QED) is 0.661. The van der Waals surface area contributed by atoms with Crippen molar-refractivity contribution in [2.75, 3.05) is 7.05 Å². The van der Waals surface area contributed by atoms with E-state index in [2.05, 4.69) is 52.8 Å². The van der Waals surface area contributed by atoms with Crippen LogP contribution in [-0.2, 0) is 13.1 Å². The summed E-state index contributed by atoms with van der Waals surface area (Å²) in [5.41, 5.74) is 4.67. The van der Waals surface area contributed by atoms with E-state index in [1.165, 1.54) is 16.7 Å². The number of aryl methyl sites for hydroxylation is 2. The molecule has 0 atom stereocenters. The number of nitrogens with zero attached hydrogens (tertiary/aromatic N) is 2. The molecule has 0 fully saturated rings. The van der Waals surface area contributed by atoms with Gasteiger partial charge in [-0.3, -0.25) is 4.99 Å². The highest BCUT2D eigenvalue weighted by molar-refractivity contribution is 5.79. The fourth-order valence-corrected chi connectivity index (χ4v) is 1.95. The zero-order valence-corrected chi connectivity index (χ0v) is 12.1. The van der Waals surface area contributed by atoms with Gasteiger partial charge in [-0.15, -0.1) is 0 Å². The Bertz CT molecular complexity index is 576. The molecular formula is C15H20N4O. The molecule has 2 rings (SSSR count). The molecule has 0 bridgehead atoms. The smallest absolute Gasteiger partial charge is 0.191 e. The van der Waals surface area contributed by atoms with Gasteiger partial charge in [0.1, 0.15) is 12.0 Å². The van der Waals surface area contributed by atoms with Crippen LogP contribution in [0.15, 0.2) is 40.0 Å². The molecule has 0 aliphatic carbocycles. The molecule has 1 aromatic carbocycles. The third kappa shape index (κ3) is 3.85. The number of hydrogen-bond donors (Lipinski definition) is 2. The predicted molar refractivity (Wildman–Crippen MR) is 79.5 cm³/mol. The molecule has 5 nitrogen and oxygen atoms in total. The van der Waals surface area contributed by atoms with Crippen LogP contribution in [0.25, 0.3) is 0 Å². The molecule has 0 saturated heterocycles. The number of benzene rings is 1. The Balaban J connectivity index is 1.87. The van der Waals surface area contributed by atoms with Crippen molar-refractivity contribution in [2.24, 2.45) is 4.99 Å². The molecule has 0 spiro atoms. The molecule has 0 unspecified atom stereocenters. The van der Waals surface area contributed by atoms with Gasteiger partial charge in [-0.2, -0.15) is 0 Å². The first-order valence-electron chi connectivity index (χ1n) is 6.59. The summed E-state index contributed by atoms with van der Waals surface area (Å²) in [6, 6.07) is 8.27. The van der Waals surface area contributed by atoms with Crippen molar-refractivity contribution in [3.05, 3.63) is 52.9 Å². The molecule has 0 aliphatic rings.